The number of carbonyl (C=O) groups is 2. The quantitative estimate of drug-likeness (QED) is 0.242. The molecule has 0 aliphatic carbocycles. The molecule has 0 amide bonds. The number of carbonyl (C=O) groups excluding carboxylic acids is 2. The van der Waals surface area contributed by atoms with Crippen molar-refractivity contribution in [1.29, 1.82) is 0 Å². The van der Waals surface area contributed by atoms with Crippen LogP contribution in [0.5, 0.6) is 0 Å². The molecule has 98 valence electrons. The van der Waals surface area contributed by atoms with Crippen LogP contribution in [0.25, 0.3) is 0 Å². The first-order valence-electron chi connectivity index (χ1n) is 6.14. The summed E-state index contributed by atoms with van der Waals surface area (Å²) in [6, 6.07) is 0. The molecule has 0 saturated heterocycles. The largest absolute Gasteiger partial charge is 0.468 e. The summed E-state index contributed by atoms with van der Waals surface area (Å²) in [6.07, 6.45) is 5.64. The number of ether oxygens (including phenoxy) is 2. The van der Waals surface area contributed by atoms with E-state index in [1.807, 2.05) is 6.92 Å². The highest BCUT2D eigenvalue weighted by atomic mass is 16.5. The molecule has 0 unspecified atom stereocenters. The molecule has 17 heavy (non-hydrogen) atoms. The van der Waals surface area contributed by atoms with Crippen molar-refractivity contribution in [1.82, 2.24) is 0 Å². The summed E-state index contributed by atoms with van der Waals surface area (Å²) in [4.78, 5) is 21.2. The summed E-state index contributed by atoms with van der Waals surface area (Å²) in [5.74, 6) is 0.351. The second kappa shape index (κ2) is 11.2. The SMILES string of the molecule is C=C(CCC)OC(=O)CCCCCCOC=O. The molecular weight excluding hydrogens is 220 g/mol. The highest BCUT2D eigenvalue weighted by molar-refractivity contribution is 5.70. The van der Waals surface area contributed by atoms with Crippen LogP contribution in [0.15, 0.2) is 12.3 Å². The molecule has 0 spiro atoms. The Morgan fingerprint density at radius 1 is 1.18 bits per heavy atom. The Labute approximate surface area is 103 Å². The average molecular weight is 242 g/mol. The van der Waals surface area contributed by atoms with E-state index in [2.05, 4.69) is 11.3 Å². The Bertz CT molecular complexity index is 236. The second-order valence-corrected chi connectivity index (χ2v) is 3.89. The number of esters is 1. The van der Waals surface area contributed by atoms with Crippen molar-refractivity contribution in [2.24, 2.45) is 0 Å². The zero-order valence-electron chi connectivity index (χ0n) is 10.6. The molecular formula is C13H22O4. The molecule has 0 aromatic carbocycles. The number of hydrogen-bond donors (Lipinski definition) is 0. The molecule has 0 radical (unpaired) electrons. The number of unbranched alkanes of at least 4 members (excludes halogenated alkanes) is 3. The third-order valence-corrected chi connectivity index (χ3v) is 2.25. The van der Waals surface area contributed by atoms with Gasteiger partial charge < -0.3 is 9.47 Å². The minimum absolute atomic E-state index is 0.201. The van der Waals surface area contributed by atoms with E-state index < -0.39 is 0 Å². The minimum Gasteiger partial charge on any atom is -0.468 e. The Kier molecular flexibility index (Phi) is 10.3. The Hall–Kier alpha value is -1.32. The zero-order chi connectivity index (χ0) is 12.9. The van der Waals surface area contributed by atoms with Gasteiger partial charge in [0.1, 0.15) is 5.76 Å². The predicted octanol–water partition coefficient (Wildman–Crippen LogP) is 2.97. The zero-order valence-corrected chi connectivity index (χ0v) is 10.6. The van der Waals surface area contributed by atoms with Crippen LogP contribution in [0.1, 0.15) is 51.9 Å². The maximum atomic E-state index is 11.3. The van der Waals surface area contributed by atoms with Crippen LogP contribution < -0.4 is 0 Å². The summed E-state index contributed by atoms with van der Waals surface area (Å²) in [6.45, 7) is 6.60. The van der Waals surface area contributed by atoms with Gasteiger partial charge in [0.2, 0.25) is 0 Å². The fourth-order valence-electron chi connectivity index (χ4n) is 1.40. The highest BCUT2D eigenvalue weighted by Crippen LogP contribution is 2.08. The fourth-order valence-corrected chi connectivity index (χ4v) is 1.40. The van der Waals surface area contributed by atoms with E-state index in [-0.39, 0.29) is 5.97 Å². The fraction of sp³-hybridized carbons (Fsp3) is 0.692. The van der Waals surface area contributed by atoms with Crippen molar-refractivity contribution >= 4 is 12.4 Å². The first-order chi connectivity index (χ1) is 8.20. The average Bonchev–Trinajstić information content (AvgIpc) is 2.28. The van der Waals surface area contributed by atoms with Crippen molar-refractivity contribution in [2.75, 3.05) is 6.61 Å². The van der Waals surface area contributed by atoms with E-state index in [9.17, 15) is 9.59 Å². The Morgan fingerprint density at radius 3 is 2.53 bits per heavy atom. The number of rotatable bonds is 11. The van der Waals surface area contributed by atoms with Crippen LogP contribution in [0, 0.1) is 0 Å². The van der Waals surface area contributed by atoms with Gasteiger partial charge in [0.25, 0.3) is 6.47 Å². The van der Waals surface area contributed by atoms with Crippen LogP contribution in [0.2, 0.25) is 0 Å². The molecule has 0 rings (SSSR count). The van der Waals surface area contributed by atoms with Gasteiger partial charge in [-0.15, -0.1) is 0 Å². The molecule has 0 heterocycles. The molecule has 0 aromatic heterocycles. The van der Waals surface area contributed by atoms with E-state index >= 15 is 0 Å². The molecule has 0 saturated carbocycles. The first-order valence-corrected chi connectivity index (χ1v) is 6.14. The van der Waals surface area contributed by atoms with Gasteiger partial charge >= 0.3 is 5.97 Å². The molecule has 0 bridgehead atoms. The predicted molar refractivity (Wildman–Crippen MR) is 65.2 cm³/mol. The first kappa shape index (κ1) is 15.7. The molecule has 4 heteroatoms. The van der Waals surface area contributed by atoms with Gasteiger partial charge in [0.15, 0.2) is 0 Å². The smallest absolute Gasteiger partial charge is 0.310 e. The van der Waals surface area contributed by atoms with Crippen molar-refractivity contribution < 1.29 is 19.1 Å². The van der Waals surface area contributed by atoms with Gasteiger partial charge in [-0.3, -0.25) is 9.59 Å². The van der Waals surface area contributed by atoms with Crippen LogP contribution >= 0.6 is 0 Å². The molecule has 0 aliphatic heterocycles. The lowest BCUT2D eigenvalue weighted by atomic mass is 10.1. The third-order valence-electron chi connectivity index (χ3n) is 2.25. The lowest BCUT2D eigenvalue weighted by molar-refractivity contribution is -0.139. The molecule has 0 N–H and O–H groups in total. The lowest BCUT2D eigenvalue weighted by Crippen LogP contribution is -2.03. The van der Waals surface area contributed by atoms with Crippen molar-refractivity contribution in [3.63, 3.8) is 0 Å². The Balaban J connectivity index is 3.33. The summed E-state index contributed by atoms with van der Waals surface area (Å²) in [7, 11) is 0. The highest BCUT2D eigenvalue weighted by Gasteiger charge is 2.04. The molecule has 4 nitrogen and oxygen atoms in total. The molecule has 0 fully saturated rings. The molecule has 0 aromatic rings. The third kappa shape index (κ3) is 11.0. The van der Waals surface area contributed by atoms with Gasteiger partial charge in [-0.1, -0.05) is 26.3 Å². The monoisotopic (exact) mass is 242 g/mol. The lowest BCUT2D eigenvalue weighted by Gasteiger charge is -2.05. The normalized spacial score (nSPS) is 9.71. The van der Waals surface area contributed by atoms with E-state index in [1.165, 1.54) is 0 Å². The second-order valence-electron chi connectivity index (χ2n) is 3.89. The topological polar surface area (TPSA) is 52.6 Å². The van der Waals surface area contributed by atoms with Crippen LogP contribution in [-0.4, -0.2) is 19.0 Å². The summed E-state index contributed by atoms with van der Waals surface area (Å²) in [5, 5.41) is 0. The van der Waals surface area contributed by atoms with E-state index in [1.54, 1.807) is 0 Å². The minimum atomic E-state index is -0.201. The van der Waals surface area contributed by atoms with Crippen molar-refractivity contribution in [2.45, 2.75) is 51.9 Å². The van der Waals surface area contributed by atoms with Crippen molar-refractivity contribution in [3.8, 4) is 0 Å². The summed E-state index contributed by atoms with van der Waals surface area (Å²) in [5.41, 5.74) is 0. The summed E-state index contributed by atoms with van der Waals surface area (Å²) < 4.78 is 9.59. The van der Waals surface area contributed by atoms with Gasteiger partial charge in [0.05, 0.1) is 6.61 Å². The van der Waals surface area contributed by atoms with Crippen molar-refractivity contribution in [3.05, 3.63) is 12.3 Å². The van der Waals surface area contributed by atoms with Crippen LogP contribution in [0.4, 0.5) is 0 Å². The van der Waals surface area contributed by atoms with E-state index in [0.717, 1.165) is 38.5 Å². The number of allylic oxidation sites excluding steroid dienone is 1. The van der Waals surface area contributed by atoms with Gasteiger partial charge in [-0.2, -0.15) is 0 Å². The van der Waals surface area contributed by atoms with E-state index in [0.29, 0.717) is 25.3 Å². The molecule has 0 atom stereocenters. The van der Waals surface area contributed by atoms with Gasteiger partial charge in [-0.05, 0) is 19.3 Å². The van der Waals surface area contributed by atoms with E-state index in [4.69, 9.17) is 4.74 Å². The Morgan fingerprint density at radius 2 is 1.88 bits per heavy atom. The standard InChI is InChI=1S/C13H22O4/c1-3-8-12(2)17-13(15)9-6-4-5-7-10-16-11-14/h11H,2-10H2,1H3. The van der Waals surface area contributed by atoms with Gasteiger partial charge in [-0.25, -0.2) is 0 Å². The molecule has 0 aliphatic rings. The van der Waals surface area contributed by atoms with Gasteiger partial charge in [0, 0.05) is 12.8 Å². The van der Waals surface area contributed by atoms with Crippen LogP contribution in [-0.2, 0) is 19.1 Å². The maximum absolute atomic E-state index is 11.3. The maximum Gasteiger partial charge on any atom is 0.310 e. The summed E-state index contributed by atoms with van der Waals surface area (Å²) >= 11 is 0. The number of hydrogen-bond acceptors (Lipinski definition) is 4. The van der Waals surface area contributed by atoms with Crippen LogP contribution in [0.3, 0.4) is 0 Å².